The Morgan fingerprint density at radius 2 is 1.20 bits per heavy atom. The molecule has 0 bridgehead atoms. The van der Waals surface area contributed by atoms with Gasteiger partial charge in [0.25, 0.3) is 0 Å². The molecule has 2 fully saturated rings. The average molecular weight is 668 g/mol. The molecule has 46 heavy (non-hydrogen) atoms. The summed E-state index contributed by atoms with van der Waals surface area (Å²) in [6, 6.07) is -0.821. The number of amides is 1. The van der Waals surface area contributed by atoms with E-state index in [1.807, 2.05) is 0 Å². The van der Waals surface area contributed by atoms with Crippen LogP contribution < -0.4 is 5.32 Å². The number of unbranched alkanes of at least 4 members (excludes halogenated alkanes) is 12. The van der Waals surface area contributed by atoms with Crippen molar-refractivity contribution >= 4 is 5.91 Å². The average Bonchev–Trinajstić information content (AvgIpc) is 3.04. The Hall–Kier alpha value is -1.01. The van der Waals surface area contributed by atoms with E-state index in [2.05, 4.69) is 12.2 Å². The zero-order valence-corrected chi connectivity index (χ0v) is 27.6. The second kappa shape index (κ2) is 22.6. The molecule has 272 valence electrons. The van der Waals surface area contributed by atoms with Crippen LogP contribution in [0.1, 0.15) is 104 Å². The zero-order valence-electron chi connectivity index (χ0n) is 27.6. The van der Waals surface area contributed by atoms with E-state index < -0.39 is 86.8 Å². The number of hydrogen-bond acceptors (Lipinski definition) is 13. The number of carbonyl (C=O) groups is 1. The second-order valence-corrected chi connectivity index (χ2v) is 12.7. The zero-order chi connectivity index (χ0) is 34.1. The number of aliphatic hydroxyl groups is 8. The molecule has 0 aromatic carbocycles. The largest absolute Gasteiger partial charge is 0.394 e. The highest BCUT2D eigenvalue weighted by Crippen LogP contribution is 2.29. The smallest absolute Gasteiger partial charge is 0.217 e. The molecule has 2 aliphatic heterocycles. The lowest BCUT2D eigenvalue weighted by atomic mass is 9.97. The summed E-state index contributed by atoms with van der Waals surface area (Å²) in [5, 5.41) is 84.6. The molecular formula is C32H61NO13. The van der Waals surface area contributed by atoms with Crippen LogP contribution in [0.5, 0.6) is 0 Å². The number of nitrogens with one attached hydrogen (secondary N) is 1. The molecule has 0 spiro atoms. The van der Waals surface area contributed by atoms with Crippen LogP contribution >= 0.6 is 0 Å². The molecule has 1 amide bonds. The lowest BCUT2D eigenvalue weighted by Gasteiger charge is -2.46. The molecule has 2 saturated heterocycles. The molecular weight excluding hydrogens is 606 g/mol. The van der Waals surface area contributed by atoms with Gasteiger partial charge in [-0.15, -0.1) is 0 Å². The molecule has 2 heterocycles. The van der Waals surface area contributed by atoms with Crippen LogP contribution in [-0.4, -0.2) is 140 Å². The van der Waals surface area contributed by atoms with Crippen molar-refractivity contribution in [1.29, 1.82) is 0 Å². The fourth-order valence-electron chi connectivity index (χ4n) is 5.97. The van der Waals surface area contributed by atoms with Gasteiger partial charge in [-0.2, -0.15) is 0 Å². The van der Waals surface area contributed by atoms with Crippen LogP contribution in [-0.2, 0) is 23.7 Å². The predicted octanol–water partition coefficient (Wildman–Crippen LogP) is -0.0260. The SMILES string of the molecule is CCCCCCCCCCCCCCCC(O)C(COC1OC(CO)C(OC2OC(CO)C(O)C(O)C2O)C(O)C1O)NC(C)=O. The monoisotopic (exact) mass is 667 g/mol. The van der Waals surface area contributed by atoms with Crippen LogP contribution in [0.25, 0.3) is 0 Å². The summed E-state index contributed by atoms with van der Waals surface area (Å²) in [7, 11) is 0. The number of ether oxygens (including phenoxy) is 4. The van der Waals surface area contributed by atoms with Crippen LogP contribution in [0.3, 0.4) is 0 Å². The molecule has 2 aliphatic rings. The topological polar surface area (TPSA) is 228 Å². The number of hydrogen-bond donors (Lipinski definition) is 9. The fourth-order valence-corrected chi connectivity index (χ4v) is 5.97. The van der Waals surface area contributed by atoms with Crippen molar-refractivity contribution < 1.29 is 64.6 Å². The highest BCUT2D eigenvalue weighted by Gasteiger charge is 2.50. The summed E-state index contributed by atoms with van der Waals surface area (Å²) in [6.07, 6.45) is -0.616. The highest BCUT2D eigenvalue weighted by atomic mass is 16.7. The third-order valence-electron chi connectivity index (χ3n) is 8.86. The second-order valence-electron chi connectivity index (χ2n) is 12.7. The first-order valence-electron chi connectivity index (χ1n) is 17.2. The third-order valence-corrected chi connectivity index (χ3v) is 8.86. The van der Waals surface area contributed by atoms with Crippen LogP contribution in [0.4, 0.5) is 0 Å². The fraction of sp³-hybridized carbons (Fsp3) is 0.969. The maximum atomic E-state index is 11.8. The molecule has 0 aromatic rings. The Morgan fingerprint density at radius 1 is 0.696 bits per heavy atom. The maximum absolute atomic E-state index is 11.8. The molecule has 2 rings (SSSR count). The van der Waals surface area contributed by atoms with Crippen LogP contribution in [0.2, 0.25) is 0 Å². The number of rotatable bonds is 23. The van der Waals surface area contributed by atoms with E-state index in [0.29, 0.717) is 6.42 Å². The van der Waals surface area contributed by atoms with E-state index >= 15 is 0 Å². The van der Waals surface area contributed by atoms with Crippen molar-refractivity contribution in [3.63, 3.8) is 0 Å². The molecule has 0 aliphatic carbocycles. The van der Waals surface area contributed by atoms with Gasteiger partial charge in [0.2, 0.25) is 5.91 Å². The van der Waals surface area contributed by atoms with Crippen LogP contribution in [0, 0.1) is 0 Å². The predicted molar refractivity (Wildman–Crippen MR) is 166 cm³/mol. The Balaban J connectivity index is 1.78. The summed E-state index contributed by atoms with van der Waals surface area (Å²) < 4.78 is 22.2. The quantitative estimate of drug-likeness (QED) is 0.0654. The lowest BCUT2D eigenvalue weighted by molar-refractivity contribution is -0.359. The van der Waals surface area contributed by atoms with Gasteiger partial charge in [0.1, 0.15) is 48.8 Å². The van der Waals surface area contributed by atoms with Crippen molar-refractivity contribution in [2.24, 2.45) is 0 Å². The number of aliphatic hydroxyl groups excluding tert-OH is 8. The lowest BCUT2D eigenvalue weighted by Crippen LogP contribution is -2.65. The number of carbonyl (C=O) groups excluding carboxylic acids is 1. The molecule has 0 saturated carbocycles. The normalized spacial score (nSPS) is 33.1. The standard InChI is InChI=1S/C32H61NO13/c1-3-4-5-6-7-8-9-10-11-12-13-14-15-16-22(37)21(33-20(2)36)19-43-31-29(42)27(40)30(24(18-35)45-31)46-32-28(41)26(39)25(38)23(17-34)44-32/h21-32,34-35,37-42H,3-19H2,1-2H3,(H,33,36). The minimum atomic E-state index is -1.77. The van der Waals surface area contributed by atoms with Gasteiger partial charge in [-0.3, -0.25) is 4.79 Å². The van der Waals surface area contributed by atoms with E-state index in [1.54, 1.807) is 0 Å². The van der Waals surface area contributed by atoms with Crippen molar-refractivity contribution in [2.75, 3.05) is 19.8 Å². The summed E-state index contributed by atoms with van der Waals surface area (Å²) >= 11 is 0. The Labute approximate surface area is 273 Å². The maximum Gasteiger partial charge on any atom is 0.217 e. The summed E-state index contributed by atoms with van der Waals surface area (Å²) in [4.78, 5) is 11.8. The Morgan fingerprint density at radius 3 is 1.72 bits per heavy atom. The minimum absolute atomic E-state index is 0.260. The van der Waals surface area contributed by atoms with Gasteiger partial charge >= 0.3 is 0 Å². The molecule has 14 heteroatoms. The molecule has 14 nitrogen and oxygen atoms in total. The van der Waals surface area contributed by atoms with Gasteiger partial charge in [-0.25, -0.2) is 0 Å². The van der Waals surface area contributed by atoms with Crippen molar-refractivity contribution in [3.8, 4) is 0 Å². The van der Waals surface area contributed by atoms with E-state index in [1.165, 1.54) is 64.7 Å². The van der Waals surface area contributed by atoms with Gasteiger partial charge < -0.3 is 65.1 Å². The molecule has 12 unspecified atom stereocenters. The molecule has 9 N–H and O–H groups in total. The van der Waals surface area contributed by atoms with E-state index in [0.717, 1.165) is 25.7 Å². The van der Waals surface area contributed by atoms with E-state index in [4.69, 9.17) is 18.9 Å². The van der Waals surface area contributed by atoms with Gasteiger partial charge in [0, 0.05) is 6.92 Å². The van der Waals surface area contributed by atoms with Crippen molar-refractivity contribution in [2.45, 2.75) is 177 Å². The summed E-state index contributed by atoms with van der Waals surface area (Å²) in [5.41, 5.74) is 0. The highest BCUT2D eigenvalue weighted by molar-refractivity contribution is 5.73. The van der Waals surface area contributed by atoms with Gasteiger partial charge in [0.05, 0.1) is 32.0 Å². The van der Waals surface area contributed by atoms with E-state index in [-0.39, 0.29) is 12.5 Å². The molecule has 0 radical (unpaired) electrons. The summed E-state index contributed by atoms with van der Waals surface area (Å²) in [5.74, 6) is -0.385. The Kier molecular flexibility index (Phi) is 20.2. The van der Waals surface area contributed by atoms with Gasteiger partial charge in [-0.05, 0) is 6.42 Å². The van der Waals surface area contributed by atoms with Gasteiger partial charge in [-0.1, -0.05) is 90.4 Å². The summed E-state index contributed by atoms with van der Waals surface area (Å²) in [6.45, 7) is 1.87. The van der Waals surface area contributed by atoms with Crippen molar-refractivity contribution in [1.82, 2.24) is 5.32 Å². The van der Waals surface area contributed by atoms with Gasteiger partial charge in [0.15, 0.2) is 12.6 Å². The van der Waals surface area contributed by atoms with Crippen LogP contribution in [0.15, 0.2) is 0 Å². The first kappa shape index (κ1) is 41.2. The molecule has 0 aromatic heterocycles. The third kappa shape index (κ3) is 13.5. The van der Waals surface area contributed by atoms with E-state index in [9.17, 15) is 45.6 Å². The molecule has 12 atom stereocenters. The minimum Gasteiger partial charge on any atom is -0.394 e. The Bertz CT molecular complexity index is 806. The van der Waals surface area contributed by atoms with Crippen molar-refractivity contribution in [3.05, 3.63) is 0 Å². The first-order valence-corrected chi connectivity index (χ1v) is 17.2. The first-order chi connectivity index (χ1) is 22.0.